The Hall–Kier alpha value is -2.17. The van der Waals surface area contributed by atoms with Crippen LogP contribution < -0.4 is 10.4 Å². The third-order valence-electron chi connectivity index (χ3n) is 4.82. The van der Waals surface area contributed by atoms with Crippen molar-refractivity contribution in [3.05, 3.63) is 65.7 Å². The summed E-state index contributed by atoms with van der Waals surface area (Å²) >= 11 is 0. The lowest BCUT2D eigenvalue weighted by molar-refractivity contribution is -0.122. The van der Waals surface area contributed by atoms with Crippen LogP contribution in [-0.4, -0.2) is 38.5 Å². The van der Waals surface area contributed by atoms with Gasteiger partial charge in [0.1, 0.15) is 5.41 Å². The summed E-state index contributed by atoms with van der Waals surface area (Å²) in [6.45, 7) is 0.962. The van der Waals surface area contributed by atoms with Crippen LogP contribution in [0, 0.1) is 0 Å². The van der Waals surface area contributed by atoms with E-state index < -0.39 is 5.41 Å². The van der Waals surface area contributed by atoms with Gasteiger partial charge in [-0.25, -0.2) is 10.4 Å². The van der Waals surface area contributed by atoms with Crippen LogP contribution in [-0.2, 0) is 10.2 Å². The normalized spacial score (nSPS) is 19.8. The van der Waals surface area contributed by atoms with Crippen molar-refractivity contribution in [1.29, 1.82) is 0 Å². The highest BCUT2D eigenvalue weighted by Crippen LogP contribution is 2.48. The second-order valence-corrected chi connectivity index (χ2v) is 6.56. The Balaban J connectivity index is 2.13. The van der Waals surface area contributed by atoms with Gasteiger partial charge in [0, 0.05) is 7.05 Å². The second-order valence-electron chi connectivity index (χ2n) is 6.56. The van der Waals surface area contributed by atoms with E-state index in [4.69, 9.17) is 0 Å². The SMILES string of the molecule is CNN1C(=O)C(CCCN(C)C)(c2ccccc2)c2ccccc21. The van der Waals surface area contributed by atoms with Crippen molar-refractivity contribution in [1.82, 2.24) is 10.3 Å². The van der Waals surface area contributed by atoms with Gasteiger partial charge in [0.05, 0.1) is 5.69 Å². The van der Waals surface area contributed by atoms with Gasteiger partial charge in [-0.15, -0.1) is 0 Å². The molecule has 1 aliphatic heterocycles. The quantitative estimate of drug-likeness (QED) is 0.888. The lowest BCUT2D eigenvalue weighted by Gasteiger charge is -2.30. The summed E-state index contributed by atoms with van der Waals surface area (Å²) in [6, 6.07) is 18.3. The van der Waals surface area contributed by atoms with Crippen molar-refractivity contribution in [3.8, 4) is 0 Å². The van der Waals surface area contributed by atoms with Gasteiger partial charge < -0.3 is 4.90 Å². The average Bonchev–Trinajstić information content (AvgIpc) is 2.84. The summed E-state index contributed by atoms with van der Waals surface area (Å²) in [5.74, 6) is 0.108. The summed E-state index contributed by atoms with van der Waals surface area (Å²) in [6.07, 6.45) is 1.75. The molecule has 126 valence electrons. The minimum Gasteiger partial charge on any atom is -0.309 e. The van der Waals surface area contributed by atoms with E-state index in [9.17, 15) is 4.79 Å². The molecule has 24 heavy (non-hydrogen) atoms. The maximum absolute atomic E-state index is 13.4. The molecule has 1 N–H and O–H groups in total. The molecule has 0 spiro atoms. The van der Waals surface area contributed by atoms with Crippen molar-refractivity contribution in [2.75, 3.05) is 32.7 Å². The number of hydrogen-bond acceptors (Lipinski definition) is 3. The lowest BCUT2D eigenvalue weighted by Crippen LogP contribution is -2.46. The van der Waals surface area contributed by atoms with Crippen LogP contribution >= 0.6 is 0 Å². The van der Waals surface area contributed by atoms with Crippen LogP contribution in [0.3, 0.4) is 0 Å². The summed E-state index contributed by atoms with van der Waals surface area (Å²) in [5, 5.41) is 1.69. The third kappa shape index (κ3) is 2.62. The molecule has 4 heteroatoms. The number of carbonyl (C=O) groups is 1. The number of rotatable bonds is 6. The minimum absolute atomic E-state index is 0.108. The number of hydrazine groups is 1. The molecule has 1 aliphatic rings. The monoisotopic (exact) mass is 323 g/mol. The van der Waals surface area contributed by atoms with E-state index in [1.54, 1.807) is 12.1 Å². The molecule has 3 rings (SSSR count). The largest absolute Gasteiger partial charge is 0.309 e. The van der Waals surface area contributed by atoms with E-state index in [1.165, 1.54) is 0 Å². The number of anilines is 1. The van der Waals surface area contributed by atoms with E-state index in [0.717, 1.165) is 36.2 Å². The van der Waals surface area contributed by atoms with Gasteiger partial charge >= 0.3 is 0 Å². The Morgan fingerprint density at radius 3 is 2.38 bits per heavy atom. The lowest BCUT2D eigenvalue weighted by atomic mass is 9.72. The Bertz CT molecular complexity index is 714. The first-order valence-electron chi connectivity index (χ1n) is 8.43. The van der Waals surface area contributed by atoms with E-state index in [1.807, 2.05) is 36.4 Å². The predicted octanol–water partition coefficient (Wildman–Crippen LogP) is 2.80. The van der Waals surface area contributed by atoms with Crippen LogP contribution in [0.2, 0.25) is 0 Å². The Morgan fingerprint density at radius 1 is 1.04 bits per heavy atom. The van der Waals surface area contributed by atoms with Crippen LogP contribution in [0.5, 0.6) is 0 Å². The fourth-order valence-electron chi connectivity index (χ4n) is 3.72. The fourth-order valence-corrected chi connectivity index (χ4v) is 3.72. The molecule has 1 atom stereocenters. The molecular weight excluding hydrogens is 298 g/mol. The minimum atomic E-state index is -0.614. The Morgan fingerprint density at radius 2 is 1.71 bits per heavy atom. The number of benzene rings is 2. The molecule has 2 aromatic carbocycles. The molecule has 1 heterocycles. The standard InChI is InChI=1S/C20H25N3O/c1-21-23-18-13-8-7-12-17(18)20(19(23)24,14-9-15-22(2)3)16-10-5-4-6-11-16/h4-8,10-13,21H,9,14-15H2,1-3H3. The van der Waals surface area contributed by atoms with Crippen LogP contribution in [0.15, 0.2) is 54.6 Å². The first-order valence-corrected chi connectivity index (χ1v) is 8.43. The summed E-state index contributed by atoms with van der Waals surface area (Å²) in [7, 11) is 5.94. The average molecular weight is 323 g/mol. The van der Waals surface area contributed by atoms with Gasteiger partial charge in [-0.05, 0) is 50.7 Å². The number of para-hydroxylation sites is 1. The fraction of sp³-hybridized carbons (Fsp3) is 0.350. The predicted molar refractivity (Wildman–Crippen MR) is 98.0 cm³/mol. The maximum atomic E-state index is 13.4. The van der Waals surface area contributed by atoms with Crippen LogP contribution in [0.1, 0.15) is 24.0 Å². The van der Waals surface area contributed by atoms with Gasteiger partial charge in [-0.1, -0.05) is 48.5 Å². The molecule has 0 fully saturated rings. The van der Waals surface area contributed by atoms with Gasteiger partial charge in [0.25, 0.3) is 5.91 Å². The summed E-state index contributed by atoms with van der Waals surface area (Å²) in [5.41, 5.74) is 5.57. The molecular formula is C20H25N3O. The molecule has 0 radical (unpaired) electrons. The van der Waals surface area contributed by atoms with Gasteiger partial charge in [0.2, 0.25) is 0 Å². The van der Waals surface area contributed by atoms with E-state index >= 15 is 0 Å². The molecule has 1 amide bonds. The van der Waals surface area contributed by atoms with E-state index in [2.05, 4.69) is 42.6 Å². The summed E-state index contributed by atoms with van der Waals surface area (Å²) < 4.78 is 0. The Kier molecular flexibility index (Phi) is 4.69. The molecule has 0 aromatic heterocycles. The molecule has 0 saturated heterocycles. The van der Waals surface area contributed by atoms with Gasteiger partial charge in [0.15, 0.2) is 0 Å². The molecule has 4 nitrogen and oxygen atoms in total. The number of amides is 1. The van der Waals surface area contributed by atoms with Crippen LogP contribution in [0.4, 0.5) is 5.69 Å². The highest BCUT2D eigenvalue weighted by atomic mass is 16.2. The zero-order valence-electron chi connectivity index (χ0n) is 14.6. The van der Waals surface area contributed by atoms with Crippen LogP contribution in [0.25, 0.3) is 0 Å². The Labute approximate surface area is 144 Å². The highest BCUT2D eigenvalue weighted by Gasteiger charge is 2.51. The van der Waals surface area contributed by atoms with Gasteiger partial charge in [-0.3, -0.25) is 4.79 Å². The topological polar surface area (TPSA) is 35.6 Å². The van der Waals surface area contributed by atoms with Gasteiger partial charge in [-0.2, -0.15) is 0 Å². The van der Waals surface area contributed by atoms with Crippen molar-refractivity contribution >= 4 is 11.6 Å². The number of nitrogens with zero attached hydrogens (tertiary/aromatic N) is 2. The molecule has 2 aromatic rings. The van der Waals surface area contributed by atoms with Crippen molar-refractivity contribution in [2.45, 2.75) is 18.3 Å². The summed E-state index contributed by atoms with van der Waals surface area (Å²) in [4.78, 5) is 15.6. The van der Waals surface area contributed by atoms with E-state index in [-0.39, 0.29) is 5.91 Å². The van der Waals surface area contributed by atoms with E-state index in [0.29, 0.717) is 0 Å². The number of carbonyl (C=O) groups excluding carboxylic acids is 1. The first kappa shape index (κ1) is 16.7. The zero-order valence-corrected chi connectivity index (χ0v) is 14.6. The molecule has 0 bridgehead atoms. The zero-order chi connectivity index (χ0) is 17.2. The first-order chi connectivity index (χ1) is 11.6. The van der Waals surface area contributed by atoms with Crippen molar-refractivity contribution in [3.63, 3.8) is 0 Å². The van der Waals surface area contributed by atoms with Crippen molar-refractivity contribution < 1.29 is 4.79 Å². The number of nitrogens with one attached hydrogen (secondary N) is 1. The van der Waals surface area contributed by atoms with Crippen molar-refractivity contribution in [2.24, 2.45) is 0 Å². The maximum Gasteiger partial charge on any atom is 0.256 e. The molecule has 0 saturated carbocycles. The smallest absolute Gasteiger partial charge is 0.256 e. The second kappa shape index (κ2) is 6.75. The third-order valence-corrected chi connectivity index (χ3v) is 4.82. The number of fused-ring (bicyclic) bond motifs is 1. The highest BCUT2D eigenvalue weighted by molar-refractivity contribution is 6.09. The number of hydrogen-bond donors (Lipinski definition) is 1. The molecule has 1 unspecified atom stereocenters. The molecule has 0 aliphatic carbocycles.